The molecule has 0 saturated carbocycles. The van der Waals surface area contributed by atoms with Crippen molar-refractivity contribution in [3.63, 3.8) is 0 Å². The molecule has 0 N–H and O–H groups in total. The second kappa shape index (κ2) is 8.37. The molecular formula is C24H18FNO2S. The molecule has 0 fully saturated rings. The van der Waals surface area contributed by atoms with Crippen molar-refractivity contribution in [2.75, 3.05) is 0 Å². The Morgan fingerprint density at radius 2 is 1.34 bits per heavy atom. The van der Waals surface area contributed by atoms with E-state index in [1.54, 1.807) is 24.3 Å². The van der Waals surface area contributed by atoms with Crippen molar-refractivity contribution in [1.82, 2.24) is 4.98 Å². The Hall–Kier alpha value is -3.31. The molecule has 3 nitrogen and oxygen atoms in total. The molecule has 0 radical (unpaired) electrons. The van der Waals surface area contributed by atoms with E-state index in [-0.39, 0.29) is 11.6 Å². The maximum atomic E-state index is 13.4. The Labute approximate surface area is 170 Å². The zero-order valence-electron chi connectivity index (χ0n) is 15.5. The first-order valence-corrected chi connectivity index (χ1v) is 10.5. The van der Waals surface area contributed by atoms with Crippen LogP contribution in [0.25, 0.3) is 33.6 Å². The van der Waals surface area contributed by atoms with Crippen LogP contribution in [-0.4, -0.2) is 13.4 Å². The van der Waals surface area contributed by atoms with Crippen LogP contribution in [0.15, 0.2) is 91.0 Å². The molecule has 1 aromatic heterocycles. The fourth-order valence-electron chi connectivity index (χ4n) is 3.23. The lowest BCUT2D eigenvalue weighted by Crippen LogP contribution is -1.94. The van der Waals surface area contributed by atoms with Crippen LogP contribution in [0.4, 0.5) is 4.39 Å². The smallest absolute Gasteiger partial charge is 0.144 e. The Morgan fingerprint density at radius 1 is 0.690 bits per heavy atom. The second-order valence-corrected chi connectivity index (χ2v) is 7.64. The molecule has 144 valence electrons. The maximum absolute atomic E-state index is 13.4. The van der Waals surface area contributed by atoms with Gasteiger partial charge in [-0.3, -0.25) is 0 Å². The summed E-state index contributed by atoms with van der Waals surface area (Å²) >= 11 is 0. The van der Waals surface area contributed by atoms with Gasteiger partial charge >= 0.3 is 0 Å². The molecule has 5 heteroatoms. The average molecular weight is 403 g/mol. The standard InChI is InChI=1S/C24H18FNO2S/c25-21-12-10-20(11-13-21)24-22(18-8-6-17(7-9-18)16-29(27)28)14-15-23(26-24)19-4-2-1-3-5-19/h1-15,29H,16H2. The molecule has 0 aliphatic rings. The summed E-state index contributed by atoms with van der Waals surface area (Å²) in [5.41, 5.74) is 5.93. The van der Waals surface area contributed by atoms with Crippen molar-refractivity contribution in [3.05, 3.63) is 102 Å². The van der Waals surface area contributed by atoms with E-state index in [9.17, 15) is 12.8 Å². The quantitative estimate of drug-likeness (QED) is 0.458. The summed E-state index contributed by atoms with van der Waals surface area (Å²) in [5, 5.41) is 0. The van der Waals surface area contributed by atoms with Crippen molar-refractivity contribution in [2.45, 2.75) is 5.75 Å². The number of hydrogen-bond acceptors (Lipinski definition) is 3. The van der Waals surface area contributed by atoms with Crippen molar-refractivity contribution in [3.8, 4) is 33.6 Å². The van der Waals surface area contributed by atoms with Crippen LogP contribution in [0, 0.1) is 5.82 Å². The normalized spacial score (nSPS) is 11.0. The number of nitrogens with zero attached hydrogens (tertiary/aromatic N) is 1. The van der Waals surface area contributed by atoms with Gasteiger partial charge in [0.25, 0.3) is 0 Å². The van der Waals surface area contributed by atoms with Crippen molar-refractivity contribution >= 4 is 10.7 Å². The first kappa shape index (κ1) is 19.0. The monoisotopic (exact) mass is 403 g/mol. The number of hydrogen-bond donors (Lipinski definition) is 1. The number of halogens is 1. The predicted octanol–water partition coefficient (Wildman–Crippen LogP) is 5.33. The largest absolute Gasteiger partial charge is 0.247 e. The molecule has 0 aliphatic carbocycles. The van der Waals surface area contributed by atoms with Gasteiger partial charge in [-0.2, -0.15) is 0 Å². The minimum Gasteiger partial charge on any atom is -0.247 e. The lowest BCUT2D eigenvalue weighted by atomic mass is 9.97. The van der Waals surface area contributed by atoms with Gasteiger partial charge in [0.15, 0.2) is 0 Å². The molecule has 1 heterocycles. The van der Waals surface area contributed by atoms with Crippen LogP contribution in [0.3, 0.4) is 0 Å². The molecule has 29 heavy (non-hydrogen) atoms. The highest BCUT2D eigenvalue weighted by atomic mass is 32.2. The van der Waals surface area contributed by atoms with E-state index in [0.717, 1.165) is 39.2 Å². The Balaban J connectivity index is 1.83. The third-order valence-corrected chi connectivity index (χ3v) is 5.28. The lowest BCUT2D eigenvalue weighted by molar-refractivity contribution is 0.614. The topological polar surface area (TPSA) is 47.0 Å². The highest BCUT2D eigenvalue weighted by Crippen LogP contribution is 2.33. The van der Waals surface area contributed by atoms with E-state index in [1.165, 1.54) is 12.1 Å². The van der Waals surface area contributed by atoms with Crippen LogP contribution in [0.1, 0.15) is 5.56 Å². The number of pyridine rings is 1. The van der Waals surface area contributed by atoms with Gasteiger partial charge in [0.2, 0.25) is 0 Å². The van der Waals surface area contributed by atoms with Gasteiger partial charge in [0.05, 0.1) is 17.1 Å². The third kappa shape index (κ3) is 4.41. The molecule has 0 spiro atoms. The summed E-state index contributed by atoms with van der Waals surface area (Å²) in [5.74, 6) is -0.281. The zero-order chi connectivity index (χ0) is 20.2. The van der Waals surface area contributed by atoms with E-state index >= 15 is 0 Å². The van der Waals surface area contributed by atoms with E-state index in [2.05, 4.69) is 0 Å². The van der Waals surface area contributed by atoms with Crippen molar-refractivity contribution in [1.29, 1.82) is 0 Å². The molecule has 0 amide bonds. The first-order valence-electron chi connectivity index (χ1n) is 9.14. The molecule has 0 unspecified atom stereocenters. The van der Waals surface area contributed by atoms with E-state index in [1.807, 2.05) is 54.6 Å². The predicted molar refractivity (Wildman–Crippen MR) is 115 cm³/mol. The average Bonchev–Trinajstić information content (AvgIpc) is 2.75. The molecule has 4 rings (SSSR count). The Morgan fingerprint density at radius 3 is 2.00 bits per heavy atom. The first-order chi connectivity index (χ1) is 14.1. The van der Waals surface area contributed by atoms with E-state index in [0.29, 0.717) is 0 Å². The summed E-state index contributed by atoms with van der Waals surface area (Å²) in [6.45, 7) is 0. The van der Waals surface area contributed by atoms with Gasteiger partial charge in [-0.15, -0.1) is 0 Å². The van der Waals surface area contributed by atoms with Gasteiger partial charge in [0, 0.05) is 16.7 Å². The summed E-state index contributed by atoms with van der Waals surface area (Å²) in [6, 6.07) is 27.5. The molecule has 3 aromatic carbocycles. The Bertz CT molecular complexity index is 1190. The van der Waals surface area contributed by atoms with Gasteiger partial charge in [0.1, 0.15) is 16.5 Å². The zero-order valence-corrected chi connectivity index (χ0v) is 16.4. The van der Waals surface area contributed by atoms with E-state index in [4.69, 9.17) is 4.98 Å². The van der Waals surface area contributed by atoms with Crippen LogP contribution >= 0.6 is 0 Å². The number of thiol groups is 1. The summed E-state index contributed by atoms with van der Waals surface area (Å²) in [6.07, 6.45) is 0. The van der Waals surface area contributed by atoms with E-state index < -0.39 is 10.7 Å². The molecular weight excluding hydrogens is 385 g/mol. The lowest BCUT2D eigenvalue weighted by Gasteiger charge is -2.12. The molecule has 0 bridgehead atoms. The fraction of sp³-hybridized carbons (Fsp3) is 0.0417. The molecule has 0 saturated heterocycles. The van der Waals surface area contributed by atoms with Gasteiger partial charge < -0.3 is 0 Å². The molecule has 0 atom stereocenters. The van der Waals surface area contributed by atoms with Crippen molar-refractivity contribution in [2.24, 2.45) is 0 Å². The minimum atomic E-state index is -2.46. The number of rotatable bonds is 5. The third-order valence-electron chi connectivity index (χ3n) is 4.66. The highest BCUT2D eigenvalue weighted by Gasteiger charge is 2.12. The van der Waals surface area contributed by atoms with Gasteiger partial charge in [-0.05, 0) is 41.5 Å². The highest BCUT2D eigenvalue weighted by molar-refractivity contribution is 7.71. The summed E-state index contributed by atoms with van der Waals surface area (Å²) in [7, 11) is -2.46. The SMILES string of the molecule is O=[SH](=O)Cc1ccc(-c2ccc(-c3ccccc3)nc2-c2ccc(F)cc2)cc1. The Kier molecular flexibility index (Phi) is 5.49. The van der Waals surface area contributed by atoms with Crippen LogP contribution in [0.5, 0.6) is 0 Å². The summed E-state index contributed by atoms with van der Waals surface area (Å²) in [4.78, 5) is 4.87. The number of benzene rings is 3. The van der Waals surface area contributed by atoms with Crippen LogP contribution in [-0.2, 0) is 16.5 Å². The van der Waals surface area contributed by atoms with Crippen LogP contribution in [0.2, 0.25) is 0 Å². The second-order valence-electron chi connectivity index (χ2n) is 6.65. The molecule has 4 aromatic rings. The minimum absolute atomic E-state index is 0.0195. The molecule has 0 aliphatic heterocycles. The fourth-order valence-corrected chi connectivity index (χ4v) is 3.74. The number of aromatic nitrogens is 1. The summed E-state index contributed by atoms with van der Waals surface area (Å²) < 4.78 is 35.4. The van der Waals surface area contributed by atoms with Crippen LogP contribution < -0.4 is 0 Å². The van der Waals surface area contributed by atoms with Crippen molar-refractivity contribution < 1.29 is 12.8 Å². The van der Waals surface area contributed by atoms with Gasteiger partial charge in [-0.25, -0.2) is 17.8 Å². The van der Waals surface area contributed by atoms with Gasteiger partial charge in [-0.1, -0.05) is 60.7 Å². The maximum Gasteiger partial charge on any atom is 0.144 e.